The fourth-order valence-corrected chi connectivity index (χ4v) is 3.24. The fourth-order valence-electron chi connectivity index (χ4n) is 2.36. The predicted molar refractivity (Wildman–Crippen MR) is 97.7 cm³/mol. The van der Waals surface area contributed by atoms with Crippen LogP contribution in [0.4, 0.5) is 5.69 Å². The summed E-state index contributed by atoms with van der Waals surface area (Å²) in [4.78, 5) is 12.5. The minimum absolute atomic E-state index is 0.0310. The lowest BCUT2D eigenvalue weighted by molar-refractivity contribution is 0.102. The SMILES string of the molecule is CCS(=O)(=O)c1ccc(NC(=O)c2cn(Cc3ccccc3)nn2)cc1. The highest BCUT2D eigenvalue weighted by Crippen LogP contribution is 2.16. The Balaban J connectivity index is 1.67. The first kappa shape index (κ1) is 17.8. The van der Waals surface area contributed by atoms with Gasteiger partial charge in [0.1, 0.15) is 0 Å². The van der Waals surface area contributed by atoms with E-state index in [2.05, 4.69) is 15.6 Å². The quantitative estimate of drug-likeness (QED) is 0.719. The van der Waals surface area contributed by atoms with Gasteiger partial charge in [-0.3, -0.25) is 4.79 Å². The van der Waals surface area contributed by atoms with Crippen LogP contribution in [0.15, 0.2) is 65.7 Å². The van der Waals surface area contributed by atoms with Crippen LogP contribution in [0.1, 0.15) is 23.0 Å². The molecular formula is C18H18N4O3S. The number of aromatic nitrogens is 3. The number of anilines is 1. The van der Waals surface area contributed by atoms with Gasteiger partial charge in [-0.05, 0) is 29.8 Å². The van der Waals surface area contributed by atoms with Crippen LogP contribution in [0.5, 0.6) is 0 Å². The molecule has 7 nitrogen and oxygen atoms in total. The van der Waals surface area contributed by atoms with Crippen molar-refractivity contribution in [1.82, 2.24) is 15.0 Å². The number of carbonyl (C=O) groups is 1. The minimum atomic E-state index is -3.26. The second-order valence-corrected chi connectivity index (χ2v) is 7.95. The second kappa shape index (κ2) is 7.49. The standard InChI is InChI=1S/C18H18N4O3S/c1-2-26(24,25)16-10-8-15(9-11-16)19-18(23)17-13-22(21-20-17)12-14-6-4-3-5-7-14/h3-11,13H,2,12H2,1H3,(H,19,23). The van der Waals surface area contributed by atoms with Gasteiger partial charge < -0.3 is 5.32 Å². The Morgan fingerprint density at radius 1 is 1.08 bits per heavy atom. The van der Waals surface area contributed by atoms with Gasteiger partial charge in [0, 0.05) is 5.69 Å². The molecule has 0 aliphatic carbocycles. The molecule has 0 aliphatic rings. The molecule has 0 fully saturated rings. The number of sulfone groups is 1. The zero-order valence-corrected chi connectivity index (χ0v) is 15.0. The van der Waals surface area contributed by atoms with Crippen LogP contribution in [0, 0.1) is 0 Å². The summed E-state index contributed by atoms with van der Waals surface area (Å²) in [5, 5.41) is 10.5. The van der Waals surface area contributed by atoms with Gasteiger partial charge >= 0.3 is 0 Å². The summed E-state index contributed by atoms with van der Waals surface area (Å²) in [5.74, 6) is -0.376. The first-order valence-electron chi connectivity index (χ1n) is 8.06. The number of nitrogens with one attached hydrogen (secondary N) is 1. The zero-order chi connectivity index (χ0) is 18.6. The molecule has 2 aromatic carbocycles. The van der Waals surface area contributed by atoms with Gasteiger partial charge in [-0.2, -0.15) is 0 Å². The fraction of sp³-hybridized carbons (Fsp3) is 0.167. The third-order valence-corrected chi connectivity index (χ3v) is 5.56. The molecule has 1 aromatic heterocycles. The molecule has 1 amide bonds. The highest BCUT2D eigenvalue weighted by molar-refractivity contribution is 7.91. The summed E-state index contributed by atoms with van der Waals surface area (Å²) in [7, 11) is -3.26. The molecule has 26 heavy (non-hydrogen) atoms. The number of hydrogen-bond acceptors (Lipinski definition) is 5. The number of rotatable bonds is 6. The molecule has 0 spiro atoms. The third kappa shape index (κ3) is 4.15. The molecule has 0 saturated carbocycles. The van der Waals surface area contributed by atoms with Crippen LogP contribution in [0.25, 0.3) is 0 Å². The van der Waals surface area contributed by atoms with Gasteiger partial charge in [0.25, 0.3) is 5.91 Å². The summed E-state index contributed by atoms with van der Waals surface area (Å²) in [6.07, 6.45) is 1.57. The molecule has 0 radical (unpaired) electrons. The Labute approximate surface area is 151 Å². The topological polar surface area (TPSA) is 94.0 Å². The summed E-state index contributed by atoms with van der Waals surface area (Å²) in [6.45, 7) is 2.11. The van der Waals surface area contributed by atoms with E-state index in [1.165, 1.54) is 12.1 Å². The lowest BCUT2D eigenvalue weighted by atomic mass is 10.2. The second-order valence-electron chi connectivity index (χ2n) is 5.67. The monoisotopic (exact) mass is 370 g/mol. The first-order chi connectivity index (χ1) is 12.5. The summed E-state index contributed by atoms with van der Waals surface area (Å²) in [5.41, 5.74) is 1.73. The number of amides is 1. The summed E-state index contributed by atoms with van der Waals surface area (Å²) < 4.78 is 25.2. The van der Waals surface area contributed by atoms with Crippen LogP contribution in [0.2, 0.25) is 0 Å². The number of hydrogen-bond donors (Lipinski definition) is 1. The average molecular weight is 370 g/mol. The van der Waals surface area contributed by atoms with E-state index in [0.717, 1.165) is 5.56 Å². The van der Waals surface area contributed by atoms with Crippen molar-refractivity contribution < 1.29 is 13.2 Å². The molecule has 0 bridgehead atoms. The van der Waals surface area contributed by atoms with Crippen molar-refractivity contribution >= 4 is 21.4 Å². The normalized spacial score (nSPS) is 11.3. The van der Waals surface area contributed by atoms with E-state index in [-0.39, 0.29) is 16.3 Å². The van der Waals surface area contributed by atoms with Crippen LogP contribution in [-0.4, -0.2) is 35.1 Å². The summed E-state index contributed by atoms with van der Waals surface area (Å²) in [6, 6.07) is 15.8. The van der Waals surface area contributed by atoms with Gasteiger partial charge in [-0.1, -0.05) is 42.5 Å². The molecule has 8 heteroatoms. The van der Waals surface area contributed by atoms with Gasteiger partial charge in [0.05, 0.1) is 23.4 Å². The van der Waals surface area contributed by atoms with E-state index >= 15 is 0 Å². The highest BCUT2D eigenvalue weighted by atomic mass is 32.2. The zero-order valence-electron chi connectivity index (χ0n) is 14.2. The van der Waals surface area contributed by atoms with Gasteiger partial charge in [0.15, 0.2) is 15.5 Å². The van der Waals surface area contributed by atoms with Crippen molar-refractivity contribution in [1.29, 1.82) is 0 Å². The third-order valence-electron chi connectivity index (χ3n) is 3.81. The highest BCUT2D eigenvalue weighted by Gasteiger charge is 2.13. The Kier molecular flexibility index (Phi) is 5.13. The lowest BCUT2D eigenvalue weighted by Gasteiger charge is -2.05. The van der Waals surface area contributed by atoms with Crippen molar-refractivity contribution in [2.45, 2.75) is 18.4 Å². The molecule has 0 saturated heterocycles. The average Bonchev–Trinajstić information content (AvgIpc) is 3.12. The number of nitrogens with zero attached hydrogens (tertiary/aromatic N) is 3. The van der Waals surface area contributed by atoms with E-state index in [1.54, 1.807) is 29.9 Å². The first-order valence-corrected chi connectivity index (χ1v) is 9.71. The maximum atomic E-state index is 12.3. The lowest BCUT2D eigenvalue weighted by Crippen LogP contribution is -2.12. The smallest absolute Gasteiger partial charge is 0.277 e. The Hall–Kier alpha value is -3.00. The molecule has 1 N–H and O–H groups in total. The van der Waals surface area contributed by atoms with Crippen molar-refractivity contribution in [3.63, 3.8) is 0 Å². The molecule has 3 rings (SSSR count). The Bertz CT molecular complexity index is 996. The van der Waals surface area contributed by atoms with Crippen molar-refractivity contribution in [2.75, 3.05) is 11.1 Å². The van der Waals surface area contributed by atoms with Crippen LogP contribution in [-0.2, 0) is 16.4 Å². The van der Waals surface area contributed by atoms with Gasteiger partial charge in [-0.15, -0.1) is 5.10 Å². The molecule has 0 atom stereocenters. The van der Waals surface area contributed by atoms with Crippen molar-refractivity contribution in [2.24, 2.45) is 0 Å². The van der Waals surface area contributed by atoms with Crippen molar-refractivity contribution in [3.8, 4) is 0 Å². The number of benzene rings is 2. The van der Waals surface area contributed by atoms with Crippen LogP contribution < -0.4 is 5.32 Å². The van der Waals surface area contributed by atoms with E-state index in [9.17, 15) is 13.2 Å². The summed E-state index contributed by atoms with van der Waals surface area (Å²) >= 11 is 0. The number of carbonyl (C=O) groups excluding carboxylic acids is 1. The Morgan fingerprint density at radius 3 is 2.42 bits per heavy atom. The largest absolute Gasteiger partial charge is 0.321 e. The minimum Gasteiger partial charge on any atom is -0.321 e. The van der Waals surface area contributed by atoms with Gasteiger partial charge in [0.2, 0.25) is 0 Å². The van der Waals surface area contributed by atoms with E-state index < -0.39 is 15.7 Å². The van der Waals surface area contributed by atoms with Crippen molar-refractivity contribution in [3.05, 3.63) is 72.1 Å². The van der Waals surface area contributed by atoms with E-state index in [4.69, 9.17) is 0 Å². The molecule has 134 valence electrons. The molecule has 3 aromatic rings. The molecule has 1 heterocycles. The van der Waals surface area contributed by atoms with E-state index in [0.29, 0.717) is 12.2 Å². The predicted octanol–water partition coefficient (Wildman–Crippen LogP) is 2.37. The maximum absolute atomic E-state index is 12.3. The Morgan fingerprint density at radius 2 is 1.77 bits per heavy atom. The van der Waals surface area contributed by atoms with Gasteiger partial charge in [-0.25, -0.2) is 13.1 Å². The molecular weight excluding hydrogens is 352 g/mol. The van der Waals surface area contributed by atoms with Crippen LogP contribution in [0.3, 0.4) is 0 Å². The molecule has 0 unspecified atom stereocenters. The maximum Gasteiger partial charge on any atom is 0.277 e. The van der Waals surface area contributed by atoms with E-state index in [1.807, 2.05) is 30.3 Å². The van der Waals surface area contributed by atoms with Crippen LogP contribution >= 0.6 is 0 Å². The molecule has 0 aliphatic heterocycles.